The van der Waals surface area contributed by atoms with Gasteiger partial charge in [0.05, 0.1) is 46.4 Å². The van der Waals surface area contributed by atoms with Gasteiger partial charge in [0.1, 0.15) is 0 Å². The molecule has 8 nitrogen and oxygen atoms in total. The fourth-order valence-corrected chi connectivity index (χ4v) is 9.50. The van der Waals surface area contributed by atoms with Crippen molar-refractivity contribution in [3.8, 4) is 0 Å². The fraction of sp³-hybridized carbons (Fsp3) is 0.938. The summed E-state index contributed by atoms with van der Waals surface area (Å²) in [5.74, 6) is 0.212. The van der Waals surface area contributed by atoms with Crippen LogP contribution < -0.4 is 10.6 Å². The summed E-state index contributed by atoms with van der Waals surface area (Å²) in [6.07, 6.45) is 14.4. The highest BCUT2D eigenvalue weighted by Crippen LogP contribution is 2.63. The molecule has 0 aromatic heterocycles. The molecule has 4 N–H and O–H groups in total. The molecule has 0 aromatic rings. The minimum absolute atomic E-state index is 0.0287. The highest BCUT2D eigenvalue weighted by molar-refractivity contribution is 5.85. The fourth-order valence-electron chi connectivity index (χ4n) is 9.50. The maximum absolute atomic E-state index is 12.7. The summed E-state index contributed by atoms with van der Waals surface area (Å²) in [6, 6.07) is 0. The summed E-state index contributed by atoms with van der Waals surface area (Å²) in [6.45, 7) is 8.64. The first-order valence-corrected chi connectivity index (χ1v) is 16.1. The SMILES string of the molecule is CCCC1(CCC)O[C@@]2(CO)CCC[C@]1(C(=O)NC)C2.CCCC1(CCC)O[C@]2(CO)CCC[C@@]1(C(=O)NC)C2. The van der Waals surface area contributed by atoms with E-state index in [0.29, 0.717) is 12.8 Å². The summed E-state index contributed by atoms with van der Waals surface area (Å²) >= 11 is 0. The zero-order valence-electron chi connectivity index (χ0n) is 26.3. The van der Waals surface area contributed by atoms with Crippen molar-refractivity contribution >= 4 is 11.8 Å². The first-order chi connectivity index (χ1) is 19.1. The van der Waals surface area contributed by atoms with E-state index in [9.17, 15) is 19.8 Å². The van der Waals surface area contributed by atoms with E-state index in [2.05, 4.69) is 38.3 Å². The first-order valence-electron chi connectivity index (χ1n) is 16.1. The summed E-state index contributed by atoms with van der Waals surface area (Å²) in [5.41, 5.74) is -2.67. The van der Waals surface area contributed by atoms with Crippen molar-refractivity contribution in [1.29, 1.82) is 0 Å². The third kappa shape index (κ3) is 5.24. The van der Waals surface area contributed by atoms with E-state index in [1.165, 1.54) is 0 Å². The van der Waals surface area contributed by atoms with Crippen molar-refractivity contribution in [2.75, 3.05) is 27.3 Å². The zero-order chi connectivity index (χ0) is 29.7. The molecule has 4 bridgehead atoms. The molecule has 0 spiro atoms. The maximum atomic E-state index is 12.7. The van der Waals surface area contributed by atoms with E-state index in [-0.39, 0.29) is 25.0 Å². The predicted molar refractivity (Wildman–Crippen MR) is 157 cm³/mol. The molecule has 0 radical (unpaired) electrons. The van der Waals surface area contributed by atoms with Crippen LogP contribution in [0.3, 0.4) is 0 Å². The highest BCUT2D eigenvalue weighted by Gasteiger charge is 2.69. The van der Waals surface area contributed by atoms with Gasteiger partial charge in [-0.05, 0) is 77.0 Å². The largest absolute Gasteiger partial charge is 0.393 e. The van der Waals surface area contributed by atoms with E-state index >= 15 is 0 Å². The average Bonchev–Trinajstić information content (AvgIpc) is 3.28. The normalized spacial score (nSPS) is 35.0. The summed E-state index contributed by atoms with van der Waals surface area (Å²) in [7, 11) is 3.43. The Morgan fingerprint density at radius 3 is 1.20 bits per heavy atom. The Labute approximate surface area is 242 Å². The van der Waals surface area contributed by atoms with E-state index in [1.54, 1.807) is 14.1 Å². The molecule has 2 heterocycles. The van der Waals surface area contributed by atoms with Crippen LogP contribution in [0, 0.1) is 10.8 Å². The molecule has 2 aliphatic carbocycles. The van der Waals surface area contributed by atoms with Crippen LogP contribution in [0.5, 0.6) is 0 Å². The number of carbonyl (C=O) groups is 2. The van der Waals surface area contributed by atoms with Gasteiger partial charge in [0, 0.05) is 14.1 Å². The smallest absolute Gasteiger partial charge is 0.228 e. The van der Waals surface area contributed by atoms with Crippen LogP contribution in [-0.4, -0.2) is 71.7 Å². The van der Waals surface area contributed by atoms with Crippen molar-refractivity contribution in [3.63, 3.8) is 0 Å². The molecular formula is C32H58N2O6. The van der Waals surface area contributed by atoms with Gasteiger partial charge >= 0.3 is 0 Å². The van der Waals surface area contributed by atoms with Crippen LogP contribution in [0.1, 0.15) is 130 Å². The van der Waals surface area contributed by atoms with E-state index in [0.717, 1.165) is 89.9 Å². The molecule has 4 rings (SSSR count). The lowest BCUT2D eigenvalue weighted by Crippen LogP contribution is -2.54. The number of amides is 2. The number of fused-ring (bicyclic) bond motifs is 4. The molecule has 2 saturated carbocycles. The summed E-state index contributed by atoms with van der Waals surface area (Å²) < 4.78 is 13.0. The van der Waals surface area contributed by atoms with Gasteiger partial charge < -0.3 is 30.3 Å². The van der Waals surface area contributed by atoms with Gasteiger partial charge in [-0.1, -0.05) is 53.4 Å². The topological polar surface area (TPSA) is 117 Å². The minimum atomic E-state index is -0.491. The lowest BCUT2D eigenvalue weighted by atomic mass is 9.60. The number of hydrogen-bond acceptors (Lipinski definition) is 6. The van der Waals surface area contributed by atoms with Gasteiger partial charge in [-0.3, -0.25) is 9.59 Å². The lowest BCUT2D eigenvalue weighted by Gasteiger charge is -2.43. The third-order valence-electron chi connectivity index (χ3n) is 10.8. The van der Waals surface area contributed by atoms with Crippen LogP contribution in [0.25, 0.3) is 0 Å². The first kappa shape index (κ1) is 33.3. The Hall–Kier alpha value is -1.22. The number of rotatable bonds is 12. The lowest BCUT2D eigenvalue weighted by molar-refractivity contribution is -0.159. The van der Waals surface area contributed by atoms with Crippen LogP contribution in [-0.2, 0) is 19.1 Å². The molecule has 2 saturated heterocycles. The number of ether oxygens (including phenoxy) is 2. The van der Waals surface area contributed by atoms with Crippen LogP contribution >= 0.6 is 0 Å². The Balaban J connectivity index is 0.000000220. The average molecular weight is 567 g/mol. The monoisotopic (exact) mass is 566 g/mol. The van der Waals surface area contributed by atoms with Gasteiger partial charge in [-0.2, -0.15) is 0 Å². The second-order valence-corrected chi connectivity index (χ2v) is 13.3. The molecule has 232 valence electrons. The number of aliphatic hydroxyl groups is 2. The summed E-state index contributed by atoms with van der Waals surface area (Å²) in [5, 5.41) is 25.4. The third-order valence-corrected chi connectivity index (χ3v) is 10.8. The van der Waals surface area contributed by atoms with Crippen molar-refractivity contribution in [2.24, 2.45) is 10.8 Å². The van der Waals surface area contributed by atoms with E-state index < -0.39 is 33.2 Å². The Morgan fingerprint density at radius 1 is 0.625 bits per heavy atom. The number of hydrogen-bond donors (Lipinski definition) is 4. The molecule has 8 heteroatoms. The second-order valence-electron chi connectivity index (χ2n) is 13.3. The van der Waals surface area contributed by atoms with Gasteiger partial charge in [-0.25, -0.2) is 0 Å². The van der Waals surface area contributed by atoms with Crippen molar-refractivity contribution in [3.05, 3.63) is 0 Å². The van der Waals surface area contributed by atoms with Gasteiger partial charge in [0.15, 0.2) is 0 Å². The number of carbonyl (C=O) groups excluding carboxylic acids is 2. The molecule has 0 aromatic carbocycles. The van der Waals surface area contributed by atoms with Crippen molar-refractivity contribution in [1.82, 2.24) is 10.6 Å². The van der Waals surface area contributed by atoms with Crippen LogP contribution in [0.4, 0.5) is 0 Å². The van der Waals surface area contributed by atoms with Crippen molar-refractivity contribution in [2.45, 2.75) is 153 Å². The van der Waals surface area contributed by atoms with Crippen LogP contribution in [0.15, 0.2) is 0 Å². The Kier molecular flexibility index (Phi) is 10.8. The zero-order valence-corrected chi connectivity index (χ0v) is 26.3. The molecule has 4 atom stereocenters. The highest BCUT2D eigenvalue weighted by atomic mass is 16.5. The molecular weight excluding hydrogens is 508 g/mol. The predicted octanol–water partition coefficient (Wildman–Crippen LogP) is 4.79. The Bertz CT molecular complexity index is 799. The second kappa shape index (κ2) is 13.0. The standard InChI is InChI=1S/2C16H29NO3/c2*1-4-7-16(8-5-2)15(13(19)17-3)10-6-9-14(11-15,12-18)20-16/h2*18H,4-12H2,1-3H3,(H,17,19)/t2*14-,15+/m10/s1. The molecule has 40 heavy (non-hydrogen) atoms. The molecule has 4 aliphatic rings. The minimum Gasteiger partial charge on any atom is -0.393 e. The van der Waals surface area contributed by atoms with Gasteiger partial charge in [0.2, 0.25) is 11.8 Å². The number of nitrogens with one attached hydrogen (secondary N) is 2. The quantitative estimate of drug-likeness (QED) is 0.270. The van der Waals surface area contributed by atoms with Gasteiger partial charge in [-0.15, -0.1) is 0 Å². The molecule has 2 aliphatic heterocycles. The summed E-state index contributed by atoms with van der Waals surface area (Å²) in [4.78, 5) is 25.4. The number of aliphatic hydroxyl groups excluding tert-OH is 2. The molecule has 0 unspecified atom stereocenters. The van der Waals surface area contributed by atoms with E-state index in [4.69, 9.17) is 9.47 Å². The van der Waals surface area contributed by atoms with Gasteiger partial charge in [0.25, 0.3) is 0 Å². The van der Waals surface area contributed by atoms with Crippen LogP contribution in [0.2, 0.25) is 0 Å². The van der Waals surface area contributed by atoms with E-state index in [1.807, 2.05) is 0 Å². The van der Waals surface area contributed by atoms with Crippen molar-refractivity contribution < 1.29 is 29.3 Å². The molecule has 4 fully saturated rings. The Morgan fingerprint density at radius 2 is 0.950 bits per heavy atom. The maximum Gasteiger partial charge on any atom is 0.228 e. The molecule has 2 amide bonds.